The van der Waals surface area contributed by atoms with E-state index in [1.165, 1.54) is 14.8 Å². The maximum absolute atomic E-state index is 14.5. The van der Waals surface area contributed by atoms with Gasteiger partial charge in [-0.2, -0.15) is 0 Å². The van der Waals surface area contributed by atoms with Gasteiger partial charge in [0.2, 0.25) is 17.3 Å². The number of nitrogens with zero attached hydrogens (tertiary/aromatic N) is 2. The number of allylic oxidation sites excluding steroid dienone is 8. The lowest BCUT2D eigenvalue weighted by Crippen LogP contribution is -2.64. The maximum Gasteiger partial charge on any atom is 0.303 e. The topological polar surface area (TPSA) is 157 Å². The number of aliphatic carboxylic acids is 1. The summed E-state index contributed by atoms with van der Waals surface area (Å²) < 4.78 is 11.5. The molecule has 10 aliphatic rings. The van der Waals surface area contributed by atoms with Crippen LogP contribution in [0.25, 0.3) is 9.69 Å². The molecule has 0 aromatic heterocycles. The Hall–Kier alpha value is -4.44. The monoisotopic (exact) mass is 1070 g/mol. The minimum atomic E-state index is -0.747. The summed E-state index contributed by atoms with van der Waals surface area (Å²) in [6.07, 6.45) is 23.5. The first kappa shape index (κ1) is 58.2. The number of Topliss-reactive ketones (excluding diaryl/α,β-unsaturated/α-hetero) is 2. The van der Waals surface area contributed by atoms with E-state index in [0.29, 0.717) is 12.8 Å². The number of ketones is 4. The molecular formula is C68H99N3O7. The first-order valence-corrected chi connectivity index (χ1v) is 29.3. The largest absolute Gasteiger partial charge is 0.481 e. The molecule has 3 N–H and O–H groups in total. The van der Waals surface area contributed by atoms with Crippen LogP contribution in [0.5, 0.6) is 0 Å². The second-order valence-corrected chi connectivity index (χ2v) is 31.0. The Balaban J connectivity index is 0.000000218. The first-order chi connectivity index (χ1) is 36.9. The number of nitrogens with two attached hydrogens (primary N) is 1. The molecule has 1 amide bonds. The number of fused-ring (bicyclic) bond motifs is 14. The quantitative estimate of drug-likeness (QED) is 0.251. The summed E-state index contributed by atoms with van der Waals surface area (Å²) in [4.78, 5) is 86.2. The van der Waals surface area contributed by atoms with E-state index in [-0.39, 0.29) is 126 Å². The Labute approximate surface area is 473 Å². The van der Waals surface area contributed by atoms with E-state index in [0.717, 1.165) is 107 Å². The SMILES string of the molecule is [3H]C.[3H]C.[C-]#[N+]C1=C[C@]2(C)C3=CC(=O)C4[C@@H]5CC(C)(C)CC[C@]5(CCC(N)=O)CC[C@@]4(C)[C@]3(C)CC[C@H]2C(C)(C)C1=O.[C-]#[N+]C1=C[C@]2(C)C3=CC(=O)[C@@H]4[C@@H]5CC(C)(C)CC[C@]5(CCC(=O)O)CC[C@@]4(C)[C@]3(C)CC[C@H]2C(C)(C)C1=O. The number of rotatable bonds is 6. The molecule has 78 heavy (non-hydrogen) atoms. The van der Waals surface area contributed by atoms with Crippen LogP contribution in [0.3, 0.4) is 0 Å². The summed E-state index contributed by atoms with van der Waals surface area (Å²) in [6, 6.07) is 0. The van der Waals surface area contributed by atoms with Crippen molar-refractivity contribution in [3.63, 3.8) is 0 Å². The maximum atomic E-state index is 14.5. The molecule has 0 radical (unpaired) electrons. The van der Waals surface area contributed by atoms with Crippen LogP contribution in [0.1, 0.15) is 230 Å². The molecule has 14 atom stereocenters. The second-order valence-electron chi connectivity index (χ2n) is 31.0. The number of hydrogen-bond acceptors (Lipinski definition) is 6. The van der Waals surface area contributed by atoms with Gasteiger partial charge >= 0.3 is 5.97 Å². The van der Waals surface area contributed by atoms with Gasteiger partial charge < -0.3 is 20.4 Å². The van der Waals surface area contributed by atoms with Crippen LogP contribution >= 0.6 is 0 Å². The third-order valence-corrected chi connectivity index (χ3v) is 25.7. The van der Waals surface area contributed by atoms with Crippen molar-refractivity contribution in [2.45, 2.75) is 227 Å². The van der Waals surface area contributed by atoms with E-state index in [9.17, 15) is 33.9 Å². The smallest absolute Gasteiger partial charge is 0.303 e. The fourth-order valence-electron chi connectivity index (χ4n) is 21.0. The van der Waals surface area contributed by atoms with Crippen molar-refractivity contribution in [1.29, 1.82) is 0 Å². The highest BCUT2D eigenvalue weighted by molar-refractivity contribution is 6.04. The fourth-order valence-corrected chi connectivity index (χ4v) is 21.0. The Bertz CT molecular complexity index is 2630. The van der Waals surface area contributed by atoms with Crippen LogP contribution in [0.2, 0.25) is 0 Å². The van der Waals surface area contributed by atoms with Gasteiger partial charge in [0.15, 0.2) is 23.1 Å². The Morgan fingerprint density at radius 2 is 0.923 bits per heavy atom. The summed E-state index contributed by atoms with van der Waals surface area (Å²) in [5.41, 5.74) is 5.34. The van der Waals surface area contributed by atoms with E-state index in [1.807, 2.05) is 52.0 Å². The molecular weight excluding hydrogens is 971 g/mol. The van der Waals surface area contributed by atoms with Gasteiger partial charge in [-0.25, -0.2) is 9.69 Å². The van der Waals surface area contributed by atoms with E-state index >= 15 is 0 Å². The number of carbonyl (C=O) groups excluding carboxylic acids is 5. The van der Waals surface area contributed by atoms with Crippen LogP contribution < -0.4 is 5.73 Å². The second kappa shape index (κ2) is 19.1. The van der Waals surface area contributed by atoms with E-state index in [1.54, 1.807) is 0 Å². The normalized spacial score (nSPS) is 43.9. The number of carboxylic acids is 1. The average molecular weight is 1070 g/mol. The molecule has 0 bridgehead atoms. The van der Waals surface area contributed by atoms with Gasteiger partial charge in [0.05, 0.1) is 13.1 Å². The number of amides is 1. The minimum absolute atomic E-state index is 0.0103. The van der Waals surface area contributed by atoms with Gasteiger partial charge in [-0.05, 0) is 182 Å². The predicted molar refractivity (Wildman–Crippen MR) is 309 cm³/mol. The zero-order valence-electron chi connectivity index (χ0n) is 52.9. The molecule has 10 rings (SSSR count). The van der Waals surface area contributed by atoms with Gasteiger partial charge in [0.1, 0.15) is 0 Å². The summed E-state index contributed by atoms with van der Waals surface area (Å²) in [5, 5.41) is 9.58. The van der Waals surface area contributed by atoms with Crippen molar-refractivity contribution < 1.29 is 36.6 Å². The highest BCUT2D eigenvalue weighted by Gasteiger charge is 2.72. The van der Waals surface area contributed by atoms with Crippen molar-refractivity contribution in [3.05, 3.63) is 69.7 Å². The molecule has 6 fully saturated rings. The van der Waals surface area contributed by atoms with Crippen molar-refractivity contribution in [2.75, 3.05) is 0 Å². The highest BCUT2D eigenvalue weighted by atomic mass is 16.4. The highest BCUT2D eigenvalue weighted by Crippen LogP contribution is 2.77. The number of primary amides is 1. The summed E-state index contributed by atoms with van der Waals surface area (Å²) >= 11 is 0. The van der Waals surface area contributed by atoms with Gasteiger partial charge in [0, 0.05) is 49.1 Å². The Morgan fingerprint density at radius 1 is 0.577 bits per heavy atom. The van der Waals surface area contributed by atoms with E-state index in [4.69, 9.17) is 21.6 Å². The van der Waals surface area contributed by atoms with Crippen LogP contribution in [0, 0.1) is 114 Å². The molecule has 0 spiro atoms. The average Bonchev–Trinajstić information content (AvgIpc) is 3.38. The zero-order valence-corrected chi connectivity index (χ0v) is 50.9. The first-order valence-electron chi connectivity index (χ1n) is 31.3. The summed E-state index contributed by atoms with van der Waals surface area (Å²) in [5.74, 6) is -0.405. The molecule has 1 unspecified atom stereocenters. The molecule has 0 aromatic rings. The van der Waals surface area contributed by atoms with Crippen LogP contribution in [-0.2, 0) is 28.8 Å². The van der Waals surface area contributed by atoms with Gasteiger partial charge in [-0.3, -0.25) is 19.2 Å². The van der Waals surface area contributed by atoms with Crippen LogP contribution in [-0.4, -0.2) is 40.1 Å². The van der Waals surface area contributed by atoms with Gasteiger partial charge in [0.25, 0.3) is 0 Å². The molecule has 0 aliphatic heterocycles. The fraction of sp³-hybridized carbons (Fsp3) is 0.765. The van der Waals surface area contributed by atoms with Crippen LogP contribution in [0.4, 0.5) is 0 Å². The Kier molecular flexibility index (Phi) is 14.2. The van der Waals surface area contributed by atoms with Crippen molar-refractivity contribution in [1.82, 2.24) is 0 Å². The minimum Gasteiger partial charge on any atom is -0.481 e. The van der Waals surface area contributed by atoms with E-state index < -0.39 is 27.6 Å². The van der Waals surface area contributed by atoms with Gasteiger partial charge in [-0.1, -0.05) is 135 Å². The summed E-state index contributed by atoms with van der Waals surface area (Å²) in [6.45, 7) is 46.5. The lowest BCUT2D eigenvalue weighted by Gasteiger charge is -2.69. The summed E-state index contributed by atoms with van der Waals surface area (Å²) in [7, 11) is 2.50. The molecule has 10 heteroatoms. The van der Waals surface area contributed by atoms with Gasteiger partial charge in [-0.15, -0.1) is 0 Å². The molecule has 6 saturated carbocycles. The standard InChI is InChI=1S/C33H46N2O3.C33H45NO4.2CH4/c1-28(2)13-15-33(12-10-25(34)37)16-14-32(7)26(20(33)18-28)22(36)17-24-30(5)19-21(35-8)27(38)29(3,4)23(30)9-11-31(24,32)6;1-28(2)13-15-33(12-10-25(36)37)16-14-32(7)26(20(33)18-28)22(35)17-24-30(5)19-21(34-8)27(38)29(3,4)23(30)9-11-31(24,32)6;;/h17,19-20,23,26H,9-16,18H2,1-7H3,(H2,34,37);17,19-20,23,26H,9-16,18H2,1-7H3,(H,36,37);2*1H4/t20-,23-,26?,30-,31+,32+,33+;20-,23-,26-,30-,31+,32+,33+;;/m00../s1/i;;2*1T. The zero-order chi connectivity index (χ0) is 60.2. The molecule has 0 aromatic carbocycles. The Morgan fingerprint density at radius 3 is 1.26 bits per heavy atom. The number of carboxylic acid groups (broad SMARTS) is 1. The lowest BCUT2D eigenvalue weighted by molar-refractivity contribution is -0.174. The third kappa shape index (κ3) is 8.43. The number of hydrogen-bond donors (Lipinski definition) is 2. The molecule has 0 heterocycles. The van der Waals surface area contributed by atoms with E-state index in [2.05, 4.69) is 78.9 Å². The van der Waals surface area contributed by atoms with Crippen molar-refractivity contribution in [3.8, 4) is 0 Å². The lowest BCUT2D eigenvalue weighted by atomic mass is 9.34. The third-order valence-electron chi connectivity index (χ3n) is 25.7. The molecule has 0 saturated heterocycles. The molecule has 10 aliphatic carbocycles. The molecule has 10 nitrogen and oxygen atoms in total. The van der Waals surface area contributed by atoms with Crippen LogP contribution in [0.15, 0.2) is 46.8 Å². The number of carbonyl (C=O) groups is 6. The van der Waals surface area contributed by atoms with Crippen molar-refractivity contribution in [2.24, 2.45) is 106 Å². The predicted octanol–water partition coefficient (Wildman–Crippen LogP) is 15.5. The molecule has 428 valence electrons. The van der Waals surface area contributed by atoms with Crippen molar-refractivity contribution >= 4 is 35.0 Å².